The molecular formula is C15H11N3O5. The molecule has 1 aliphatic rings. The summed E-state index contributed by atoms with van der Waals surface area (Å²) in [5.74, 6) is -1.33. The van der Waals surface area contributed by atoms with E-state index in [0.29, 0.717) is 0 Å². The number of aliphatic hydroxyl groups is 1. The van der Waals surface area contributed by atoms with Crippen molar-refractivity contribution in [1.29, 1.82) is 0 Å². The van der Waals surface area contributed by atoms with Crippen LogP contribution in [0, 0.1) is 10.1 Å². The second-order valence-corrected chi connectivity index (χ2v) is 5.12. The maximum absolute atomic E-state index is 12.2. The van der Waals surface area contributed by atoms with Crippen molar-refractivity contribution in [1.82, 2.24) is 4.98 Å². The molecule has 8 nitrogen and oxygen atoms in total. The molecule has 0 saturated heterocycles. The molecule has 0 saturated carbocycles. The van der Waals surface area contributed by atoms with Gasteiger partial charge in [-0.15, -0.1) is 0 Å². The fraction of sp³-hybridized carbons (Fsp3) is 0.133. The van der Waals surface area contributed by atoms with Crippen LogP contribution in [0.25, 0.3) is 0 Å². The number of pyridine rings is 1. The molecule has 1 atom stereocenters. The number of nitrogens with one attached hydrogen (secondary N) is 1. The minimum absolute atomic E-state index is 0.0148. The quantitative estimate of drug-likeness (QED) is 0.500. The summed E-state index contributed by atoms with van der Waals surface area (Å²) in [7, 11) is 0. The van der Waals surface area contributed by atoms with Gasteiger partial charge in [0.1, 0.15) is 5.69 Å². The average molecular weight is 313 g/mol. The van der Waals surface area contributed by atoms with Crippen molar-refractivity contribution in [3.05, 3.63) is 64.0 Å². The van der Waals surface area contributed by atoms with Crippen LogP contribution in [-0.4, -0.2) is 26.7 Å². The Balaban J connectivity index is 1.99. The number of fused-ring (bicyclic) bond motifs is 1. The molecule has 1 amide bonds. The second-order valence-electron chi connectivity index (χ2n) is 5.12. The number of hydrogen-bond donors (Lipinski definition) is 2. The van der Waals surface area contributed by atoms with E-state index in [2.05, 4.69) is 10.3 Å². The number of anilines is 1. The Kier molecular flexibility index (Phi) is 3.38. The van der Waals surface area contributed by atoms with Gasteiger partial charge in [-0.3, -0.25) is 24.7 Å². The third-order valence-electron chi connectivity index (χ3n) is 3.65. The van der Waals surface area contributed by atoms with E-state index in [1.165, 1.54) is 24.4 Å². The molecule has 8 heteroatoms. The van der Waals surface area contributed by atoms with Crippen molar-refractivity contribution in [2.75, 3.05) is 5.32 Å². The summed E-state index contributed by atoms with van der Waals surface area (Å²) in [5, 5.41) is 24.0. The molecule has 2 aromatic rings. The van der Waals surface area contributed by atoms with Crippen molar-refractivity contribution in [2.24, 2.45) is 0 Å². The topological polar surface area (TPSA) is 122 Å². The third-order valence-corrected chi connectivity index (χ3v) is 3.65. The normalized spacial score (nSPS) is 19.1. The van der Waals surface area contributed by atoms with E-state index in [-0.39, 0.29) is 22.6 Å². The van der Waals surface area contributed by atoms with E-state index in [9.17, 15) is 24.8 Å². The number of nitro benzene ring substituents is 1. The zero-order valence-corrected chi connectivity index (χ0v) is 11.7. The molecule has 1 aliphatic heterocycles. The van der Waals surface area contributed by atoms with Crippen LogP contribution >= 0.6 is 0 Å². The first kappa shape index (κ1) is 14.8. The summed E-state index contributed by atoms with van der Waals surface area (Å²) in [5.41, 5.74) is -2.06. The van der Waals surface area contributed by atoms with Crippen molar-refractivity contribution >= 4 is 23.1 Å². The largest absolute Gasteiger partial charge is 0.375 e. The standard InChI is InChI=1S/C15H11N3O5/c19-13(12-3-1-2-6-16-12)8-15(21)10-7-9(18(22)23)4-5-11(10)17-14(15)20/h1-7,21H,8H2,(H,17,20). The average Bonchev–Trinajstić information content (AvgIpc) is 2.79. The van der Waals surface area contributed by atoms with E-state index in [1.54, 1.807) is 12.1 Å². The monoisotopic (exact) mass is 313 g/mol. The number of nitro groups is 1. The number of nitrogens with zero attached hydrogens (tertiary/aromatic N) is 2. The van der Waals surface area contributed by atoms with Crippen LogP contribution in [0.3, 0.4) is 0 Å². The second kappa shape index (κ2) is 5.25. The molecule has 2 N–H and O–H groups in total. The lowest BCUT2D eigenvalue weighted by atomic mass is 9.89. The fourth-order valence-corrected chi connectivity index (χ4v) is 2.47. The number of benzene rings is 1. The molecule has 0 fully saturated rings. The molecule has 3 rings (SSSR count). The highest BCUT2D eigenvalue weighted by Gasteiger charge is 2.47. The third kappa shape index (κ3) is 2.44. The van der Waals surface area contributed by atoms with Gasteiger partial charge >= 0.3 is 0 Å². The number of hydrogen-bond acceptors (Lipinski definition) is 6. The number of rotatable bonds is 4. The van der Waals surface area contributed by atoms with E-state index in [1.807, 2.05) is 0 Å². The zero-order valence-electron chi connectivity index (χ0n) is 11.7. The van der Waals surface area contributed by atoms with Crippen LogP contribution in [0.2, 0.25) is 0 Å². The number of aromatic nitrogens is 1. The van der Waals surface area contributed by atoms with Crippen LogP contribution in [0.1, 0.15) is 22.5 Å². The zero-order chi connectivity index (χ0) is 16.6. The number of carbonyl (C=O) groups excluding carboxylic acids is 2. The van der Waals surface area contributed by atoms with E-state index in [4.69, 9.17) is 0 Å². The Labute approximate surface area is 129 Å². The van der Waals surface area contributed by atoms with Crippen LogP contribution in [0.5, 0.6) is 0 Å². The highest BCUT2D eigenvalue weighted by atomic mass is 16.6. The smallest absolute Gasteiger partial charge is 0.269 e. The maximum Gasteiger partial charge on any atom is 0.269 e. The molecule has 0 aliphatic carbocycles. The molecule has 1 unspecified atom stereocenters. The summed E-state index contributed by atoms with van der Waals surface area (Å²) >= 11 is 0. The molecule has 0 bridgehead atoms. The fourth-order valence-electron chi connectivity index (χ4n) is 2.47. The van der Waals surface area contributed by atoms with Crippen LogP contribution in [0.15, 0.2) is 42.6 Å². The van der Waals surface area contributed by atoms with Crippen molar-refractivity contribution in [2.45, 2.75) is 12.0 Å². The first-order chi connectivity index (χ1) is 10.9. The summed E-state index contributed by atoms with van der Waals surface area (Å²) in [6.45, 7) is 0. The molecule has 23 heavy (non-hydrogen) atoms. The summed E-state index contributed by atoms with van der Waals surface area (Å²) in [4.78, 5) is 38.5. The minimum atomic E-state index is -2.16. The lowest BCUT2D eigenvalue weighted by Crippen LogP contribution is -2.36. The SMILES string of the molecule is O=C(CC1(O)C(=O)Nc2ccc([N+](=O)[O-])cc21)c1ccccn1. The summed E-state index contributed by atoms with van der Waals surface area (Å²) in [6.07, 6.45) is 0.870. The van der Waals surface area contributed by atoms with Crippen LogP contribution in [-0.2, 0) is 10.4 Å². The summed E-state index contributed by atoms with van der Waals surface area (Å²) < 4.78 is 0. The lowest BCUT2D eigenvalue weighted by Gasteiger charge is -2.19. The van der Waals surface area contributed by atoms with Crippen LogP contribution in [0.4, 0.5) is 11.4 Å². The van der Waals surface area contributed by atoms with Gasteiger partial charge in [0, 0.05) is 29.6 Å². The molecule has 0 radical (unpaired) electrons. The van der Waals surface area contributed by atoms with Gasteiger partial charge in [-0.2, -0.15) is 0 Å². The van der Waals surface area contributed by atoms with Gasteiger partial charge < -0.3 is 10.4 Å². The Morgan fingerprint density at radius 2 is 2.13 bits per heavy atom. The number of Topliss-reactive ketones (excluding diaryl/α,β-unsaturated/α-hetero) is 1. The Bertz CT molecular complexity index is 821. The first-order valence-corrected chi connectivity index (χ1v) is 6.69. The number of non-ortho nitro benzene ring substituents is 1. The van der Waals surface area contributed by atoms with Gasteiger partial charge in [0.25, 0.3) is 11.6 Å². The molecule has 1 aromatic heterocycles. The maximum atomic E-state index is 12.2. The van der Waals surface area contributed by atoms with Crippen molar-refractivity contribution in [3.8, 4) is 0 Å². The van der Waals surface area contributed by atoms with Gasteiger partial charge in [-0.05, 0) is 18.2 Å². The number of amides is 1. The number of carbonyl (C=O) groups is 2. The number of ketones is 1. The highest BCUT2D eigenvalue weighted by molar-refractivity contribution is 6.09. The summed E-state index contributed by atoms with van der Waals surface area (Å²) in [6, 6.07) is 8.34. The van der Waals surface area contributed by atoms with Crippen LogP contribution < -0.4 is 5.32 Å². The predicted molar refractivity (Wildman–Crippen MR) is 78.8 cm³/mol. The van der Waals surface area contributed by atoms with Crippen molar-refractivity contribution < 1.29 is 19.6 Å². The van der Waals surface area contributed by atoms with Gasteiger partial charge in [0.2, 0.25) is 0 Å². The van der Waals surface area contributed by atoms with Gasteiger partial charge in [-0.1, -0.05) is 6.07 Å². The highest BCUT2D eigenvalue weighted by Crippen LogP contribution is 2.40. The van der Waals surface area contributed by atoms with Gasteiger partial charge in [0.05, 0.1) is 11.3 Å². The Morgan fingerprint density at radius 1 is 1.35 bits per heavy atom. The predicted octanol–water partition coefficient (Wildman–Crippen LogP) is 1.40. The van der Waals surface area contributed by atoms with Gasteiger partial charge in [0.15, 0.2) is 11.4 Å². The Hall–Kier alpha value is -3.13. The molecule has 0 spiro atoms. The van der Waals surface area contributed by atoms with Gasteiger partial charge in [-0.25, -0.2) is 0 Å². The first-order valence-electron chi connectivity index (χ1n) is 6.69. The van der Waals surface area contributed by atoms with E-state index >= 15 is 0 Å². The minimum Gasteiger partial charge on any atom is -0.375 e. The van der Waals surface area contributed by atoms with E-state index < -0.39 is 28.6 Å². The molecule has 2 heterocycles. The molecular weight excluding hydrogens is 302 g/mol. The molecule has 1 aromatic carbocycles. The Morgan fingerprint density at radius 3 is 2.78 bits per heavy atom. The van der Waals surface area contributed by atoms with Crippen molar-refractivity contribution in [3.63, 3.8) is 0 Å². The van der Waals surface area contributed by atoms with E-state index in [0.717, 1.165) is 6.07 Å². The molecule has 116 valence electrons. The lowest BCUT2D eigenvalue weighted by molar-refractivity contribution is -0.385.